The fraction of sp³-hybridized carbons (Fsp3) is 0.727. The monoisotopic (exact) mass is 321 g/mol. The molecule has 0 unspecified atom stereocenters. The highest BCUT2D eigenvalue weighted by Gasteiger charge is 2.25. The van der Waals surface area contributed by atoms with E-state index in [2.05, 4.69) is 5.16 Å². The Kier molecular flexibility index (Phi) is 6.00. The van der Waals surface area contributed by atoms with Gasteiger partial charge in [-0.05, 0) is 5.16 Å². The zero-order valence-corrected chi connectivity index (χ0v) is 13.8. The van der Waals surface area contributed by atoms with Crippen molar-refractivity contribution < 1.29 is 19.2 Å². The predicted octanol–water partition coefficient (Wildman–Crippen LogP) is 1.95. The van der Waals surface area contributed by atoms with Gasteiger partial charge in [0.1, 0.15) is 6.61 Å². The summed E-state index contributed by atoms with van der Waals surface area (Å²) in [6, 6.07) is 0. The van der Waals surface area contributed by atoms with E-state index in [4.69, 9.17) is 9.57 Å². The van der Waals surface area contributed by atoms with Crippen molar-refractivity contribution in [3.05, 3.63) is 0 Å². The van der Waals surface area contributed by atoms with E-state index in [-0.39, 0.29) is 10.6 Å². The van der Waals surface area contributed by atoms with E-state index in [0.717, 1.165) is 0 Å². The first kappa shape index (κ1) is 17.0. The van der Waals surface area contributed by atoms with Crippen LogP contribution in [0.4, 0.5) is 4.79 Å². The Hall–Kier alpha value is -1.09. The smallest absolute Gasteiger partial charge is 0.446 e. The van der Waals surface area contributed by atoms with Crippen molar-refractivity contribution >= 4 is 39.7 Å². The SMILES string of the molecule is CN1CCOC(=NOC(=O)N(C)SSC(C)(C)C)C1=O. The summed E-state index contributed by atoms with van der Waals surface area (Å²) in [7, 11) is 5.97. The zero-order valence-electron chi connectivity index (χ0n) is 12.2. The van der Waals surface area contributed by atoms with Gasteiger partial charge in [-0.3, -0.25) is 9.63 Å². The number of likely N-dealkylation sites (N-methyl/N-ethyl adjacent to an activating group) is 1. The maximum absolute atomic E-state index is 11.7. The minimum atomic E-state index is -0.663. The first-order valence-electron chi connectivity index (χ1n) is 5.97. The molecule has 0 saturated carbocycles. The number of hydrogen-bond acceptors (Lipinski definition) is 7. The first-order chi connectivity index (χ1) is 9.20. The van der Waals surface area contributed by atoms with E-state index in [0.29, 0.717) is 13.2 Å². The van der Waals surface area contributed by atoms with Crippen molar-refractivity contribution in [2.75, 3.05) is 27.2 Å². The van der Waals surface area contributed by atoms with Gasteiger partial charge in [0, 0.05) is 29.8 Å². The summed E-state index contributed by atoms with van der Waals surface area (Å²) in [4.78, 5) is 29.4. The fourth-order valence-corrected chi connectivity index (χ4v) is 2.63. The molecule has 114 valence electrons. The molecule has 7 nitrogen and oxygen atoms in total. The Bertz CT molecular complexity index is 409. The third kappa shape index (κ3) is 5.49. The zero-order chi connectivity index (χ0) is 15.3. The molecule has 2 amide bonds. The van der Waals surface area contributed by atoms with Gasteiger partial charge in [0.2, 0.25) is 0 Å². The molecule has 1 aliphatic heterocycles. The van der Waals surface area contributed by atoms with Crippen LogP contribution < -0.4 is 0 Å². The van der Waals surface area contributed by atoms with Gasteiger partial charge in [-0.2, -0.15) is 0 Å². The van der Waals surface area contributed by atoms with Crippen LogP contribution in [0, 0.1) is 0 Å². The fourth-order valence-electron chi connectivity index (χ4n) is 1.01. The molecular formula is C11H19N3O4S2. The summed E-state index contributed by atoms with van der Waals surface area (Å²) < 4.78 is 6.37. The van der Waals surface area contributed by atoms with Crippen molar-refractivity contribution in [2.24, 2.45) is 5.16 Å². The molecule has 20 heavy (non-hydrogen) atoms. The summed E-state index contributed by atoms with van der Waals surface area (Å²) in [6.07, 6.45) is -0.663. The summed E-state index contributed by atoms with van der Waals surface area (Å²) in [5.74, 6) is -0.600. The van der Waals surface area contributed by atoms with Crippen LogP contribution >= 0.6 is 21.8 Å². The minimum absolute atomic E-state index is 0.0102. The Labute approximate surface area is 126 Å². The molecule has 1 fully saturated rings. The van der Waals surface area contributed by atoms with E-state index < -0.39 is 12.0 Å². The molecule has 0 aliphatic carbocycles. The number of oxime groups is 1. The number of carbonyl (C=O) groups excluding carboxylic acids is 2. The highest BCUT2D eigenvalue weighted by atomic mass is 33.1. The van der Waals surface area contributed by atoms with E-state index in [1.54, 1.807) is 14.1 Å². The molecule has 1 heterocycles. The molecule has 1 rings (SSSR count). The average Bonchev–Trinajstić information content (AvgIpc) is 2.36. The van der Waals surface area contributed by atoms with Crippen LogP contribution in [0.2, 0.25) is 0 Å². The summed E-state index contributed by atoms with van der Waals surface area (Å²) in [6.45, 7) is 6.93. The largest absolute Gasteiger partial charge is 0.470 e. The molecule has 0 aromatic carbocycles. The van der Waals surface area contributed by atoms with Crippen LogP contribution in [-0.4, -0.2) is 59.1 Å². The Morgan fingerprint density at radius 1 is 1.50 bits per heavy atom. The third-order valence-electron chi connectivity index (χ3n) is 2.06. The first-order valence-corrected chi connectivity index (χ1v) is 8.08. The van der Waals surface area contributed by atoms with E-state index in [1.807, 2.05) is 20.8 Å². The van der Waals surface area contributed by atoms with Crippen molar-refractivity contribution in [2.45, 2.75) is 25.5 Å². The van der Waals surface area contributed by atoms with Gasteiger partial charge in [0.25, 0.3) is 0 Å². The molecule has 0 radical (unpaired) electrons. The standard InChI is InChI=1S/C11H19N3O4S2/c1-11(2,3)19-20-14(5)10(16)18-12-8-9(15)13(4)6-7-17-8/h6-7H2,1-5H3. The second-order valence-corrected chi connectivity index (χ2v) is 8.13. The van der Waals surface area contributed by atoms with Crippen molar-refractivity contribution in [1.82, 2.24) is 9.21 Å². The number of rotatable bonds is 3. The second kappa shape index (κ2) is 7.07. The highest BCUT2D eigenvalue weighted by Crippen LogP contribution is 2.36. The lowest BCUT2D eigenvalue weighted by atomic mass is 10.3. The molecular weight excluding hydrogens is 302 g/mol. The number of amides is 2. The number of ether oxygens (including phenoxy) is 1. The lowest BCUT2D eigenvalue weighted by molar-refractivity contribution is -0.127. The minimum Gasteiger partial charge on any atom is -0.470 e. The topological polar surface area (TPSA) is 71.4 Å². The lowest BCUT2D eigenvalue weighted by Gasteiger charge is -2.23. The van der Waals surface area contributed by atoms with Crippen LogP contribution in [0.15, 0.2) is 5.16 Å². The molecule has 0 bridgehead atoms. The maximum atomic E-state index is 11.7. The maximum Gasteiger partial charge on any atom is 0.446 e. The summed E-state index contributed by atoms with van der Waals surface area (Å²) in [5, 5.41) is 3.47. The van der Waals surface area contributed by atoms with E-state index in [9.17, 15) is 9.59 Å². The van der Waals surface area contributed by atoms with Gasteiger partial charge in [0.05, 0.1) is 6.54 Å². The van der Waals surface area contributed by atoms with Crippen molar-refractivity contribution in [3.63, 3.8) is 0 Å². The lowest BCUT2D eigenvalue weighted by Crippen LogP contribution is -2.42. The molecule has 0 atom stereocenters. The Morgan fingerprint density at radius 2 is 2.15 bits per heavy atom. The predicted molar refractivity (Wildman–Crippen MR) is 80.2 cm³/mol. The van der Waals surface area contributed by atoms with Gasteiger partial charge in [-0.1, -0.05) is 31.6 Å². The number of hydrogen-bond donors (Lipinski definition) is 0. The summed E-state index contributed by atoms with van der Waals surface area (Å²) in [5.41, 5.74) is 0. The van der Waals surface area contributed by atoms with Gasteiger partial charge in [-0.15, -0.1) is 0 Å². The van der Waals surface area contributed by atoms with E-state index in [1.165, 1.54) is 31.0 Å². The normalized spacial score (nSPS) is 17.9. The molecule has 1 saturated heterocycles. The molecule has 1 aliphatic rings. The molecule has 9 heteroatoms. The number of carbonyl (C=O) groups is 2. The summed E-state index contributed by atoms with van der Waals surface area (Å²) >= 11 is 0. The van der Waals surface area contributed by atoms with Crippen molar-refractivity contribution in [3.8, 4) is 0 Å². The number of morpholine rings is 1. The third-order valence-corrected chi connectivity index (χ3v) is 5.40. The van der Waals surface area contributed by atoms with E-state index >= 15 is 0 Å². The Morgan fingerprint density at radius 3 is 2.75 bits per heavy atom. The molecule has 0 N–H and O–H groups in total. The quantitative estimate of drug-likeness (QED) is 0.342. The van der Waals surface area contributed by atoms with Crippen LogP contribution in [0.1, 0.15) is 20.8 Å². The van der Waals surface area contributed by atoms with Crippen LogP contribution in [0.5, 0.6) is 0 Å². The van der Waals surface area contributed by atoms with Crippen LogP contribution in [-0.2, 0) is 14.4 Å². The van der Waals surface area contributed by atoms with Crippen molar-refractivity contribution in [1.29, 1.82) is 0 Å². The average molecular weight is 321 g/mol. The van der Waals surface area contributed by atoms with Gasteiger partial charge < -0.3 is 9.64 Å². The van der Waals surface area contributed by atoms with Gasteiger partial charge in [0.15, 0.2) is 0 Å². The second-order valence-electron chi connectivity index (χ2n) is 5.10. The molecule has 0 spiro atoms. The molecule has 0 aromatic heterocycles. The van der Waals surface area contributed by atoms with Crippen LogP contribution in [0.25, 0.3) is 0 Å². The van der Waals surface area contributed by atoms with Gasteiger partial charge >= 0.3 is 17.9 Å². The highest BCUT2D eigenvalue weighted by molar-refractivity contribution is 8.76. The number of nitrogens with zero attached hydrogens (tertiary/aromatic N) is 3. The van der Waals surface area contributed by atoms with Crippen LogP contribution in [0.3, 0.4) is 0 Å². The van der Waals surface area contributed by atoms with Gasteiger partial charge in [-0.25, -0.2) is 9.10 Å². The molecule has 0 aromatic rings. The Balaban J connectivity index is 2.47.